The maximum atomic E-state index is 13.0. The first-order chi connectivity index (χ1) is 9.46. The van der Waals surface area contributed by atoms with Crippen molar-refractivity contribution < 1.29 is 12.8 Å². The third-order valence-corrected chi connectivity index (χ3v) is 3.51. The Morgan fingerprint density at radius 3 is 2.45 bits per heavy atom. The zero-order valence-corrected chi connectivity index (χ0v) is 11.3. The fourth-order valence-corrected chi connectivity index (χ4v) is 2.40. The first-order valence-corrected chi connectivity index (χ1v) is 7.32. The molecule has 0 amide bonds. The highest BCUT2D eigenvalue weighted by Crippen LogP contribution is 2.18. The number of nitrogens with two attached hydrogens (primary N) is 1. The Balaban J connectivity index is 2.15. The van der Waals surface area contributed by atoms with Crippen molar-refractivity contribution >= 4 is 27.5 Å². The van der Waals surface area contributed by atoms with Crippen molar-refractivity contribution in [1.29, 1.82) is 0 Å². The Hall–Kier alpha value is -2.34. The van der Waals surface area contributed by atoms with Gasteiger partial charge in [0.2, 0.25) is 0 Å². The van der Waals surface area contributed by atoms with Crippen LogP contribution in [-0.2, 0) is 10.0 Å². The third kappa shape index (κ3) is 3.83. The van der Waals surface area contributed by atoms with E-state index < -0.39 is 15.8 Å². The van der Waals surface area contributed by atoms with Crippen LogP contribution < -0.4 is 10.5 Å². The van der Waals surface area contributed by atoms with Gasteiger partial charge in [0.05, 0.1) is 16.8 Å². The molecule has 0 atom stereocenters. The summed E-state index contributed by atoms with van der Waals surface area (Å²) in [6.07, 6.45) is 1.47. The van der Waals surface area contributed by atoms with Gasteiger partial charge in [-0.1, -0.05) is 30.3 Å². The van der Waals surface area contributed by atoms with Gasteiger partial charge in [0.15, 0.2) is 0 Å². The first kappa shape index (κ1) is 14.1. The van der Waals surface area contributed by atoms with Gasteiger partial charge < -0.3 is 5.73 Å². The van der Waals surface area contributed by atoms with Crippen LogP contribution in [0.15, 0.2) is 53.9 Å². The number of nitrogen functional groups attached to an aromatic ring is 1. The first-order valence-electron chi connectivity index (χ1n) is 5.77. The van der Waals surface area contributed by atoms with Crippen LogP contribution in [0.5, 0.6) is 0 Å². The standard InChI is InChI=1S/C14H13FN2O2S/c15-13-7-6-12(10-14(13)16)17-20(18,19)9-8-11-4-2-1-3-5-11/h1-10,17H,16H2/b9-8+. The van der Waals surface area contributed by atoms with E-state index in [1.165, 1.54) is 18.2 Å². The maximum Gasteiger partial charge on any atom is 0.255 e. The summed E-state index contributed by atoms with van der Waals surface area (Å²) in [5.74, 6) is -0.590. The number of sulfonamides is 1. The van der Waals surface area contributed by atoms with E-state index >= 15 is 0 Å². The van der Waals surface area contributed by atoms with Crippen molar-refractivity contribution in [2.45, 2.75) is 0 Å². The van der Waals surface area contributed by atoms with Gasteiger partial charge in [0, 0.05) is 0 Å². The van der Waals surface area contributed by atoms with Gasteiger partial charge in [0.1, 0.15) is 5.82 Å². The molecule has 3 N–H and O–H groups in total. The van der Waals surface area contributed by atoms with E-state index in [-0.39, 0.29) is 11.4 Å². The van der Waals surface area contributed by atoms with Crippen molar-refractivity contribution in [2.24, 2.45) is 0 Å². The van der Waals surface area contributed by atoms with E-state index in [0.717, 1.165) is 17.0 Å². The number of hydrogen-bond donors (Lipinski definition) is 2. The normalized spacial score (nSPS) is 11.7. The Morgan fingerprint density at radius 2 is 1.80 bits per heavy atom. The number of hydrogen-bond acceptors (Lipinski definition) is 3. The van der Waals surface area contributed by atoms with E-state index in [2.05, 4.69) is 4.72 Å². The van der Waals surface area contributed by atoms with Crippen LogP contribution in [0.25, 0.3) is 6.08 Å². The van der Waals surface area contributed by atoms with Gasteiger partial charge in [-0.15, -0.1) is 0 Å². The summed E-state index contributed by atoms with van der Waals surface area (Å²) < 4.78 is 39.0. The average molecular weight is 292 g/mol. The largest absolute Gasteiger partial charge is 0.396 e. The van der Waals surface area contributed by atoms with Gasteiger partial charge in [-0.25, -0.2) is 12.8 Å². The van der Waals surface area contributed by atoms with E-state index in [4.69, 9.17) is 5.73 Å². The number of rotatable bonds is 4. The summed E-state index contributed by atoms with van der Waals surface area (Å²) in [6.45, 7) is 0. The Labute approximate surface area is 116 Å². The van der Waals surface area contributed by atoms with Gasteiger partial charge in [-0.3, -0.25) is 4.72 Å². The number of anilines is 2. The lowest BCUT2D eigenvalue weighted by Gasteiger charge is -2.05. The molecule has 0 aliphatic carbocycles. The lowest BCUT2D eigenvalue weighted by Crippen LogP contribution is -2.09. The summed E-state index contributed by atoms with van der Waals surface area (Å²) >= 11 is 0. The molecule has 0 aromatic heterocycles. The average Bonchev–Trinajstić information content (AvgIpc) is 2.42. The third-order valence-electron chi connectivity index (χ3n) is 2.50. The summed E-state index contributed by atoms with van der Waals surface area (Å²) in [7, 11) is -3.67. The molecule has 0 radical (unpaired) electrons. The van der Waals surface area contributed by atoms with Crippen LogP contribution in [0.3, 0.4) is 0 Å². The molecule has 0 saturated carbocycles. The number of nitrogens with one attached hydrogen (secondary N) is 1. The zero-order chi connectivity index (χ0) is 14.6. The van der Waals surface area contributed by atoms with Crippen LogP contribution >= 0.6 is 0 Å². The minimum atomic E-state index is -3.67. The van der Waals surface area contributed by atoms with Crippen molar-refractivity contribution in [1.82, 2.24) is 0 Å². The molecule has 104 valence electrons. The van der Waals surface area contributed by atoms with Gasteiger partial charge in [-0.2, -0.15) is 0 Å². The molecule has 2 rings (SSSR count). The minimum Gasteiger partial charge on any atom is -0.396 e. The SMILES string of the molecule is Nc1cc(NS(=O)(=O)/C=C/c2ccccc2)ccc1F. The summed E-state index contributed by atoms with van der Waals surface area (Å²) in [5.41, 5.74) is 6.23. The molecule has 4 nitrogen and oxygen atoms in total. The van der Waals surface area contributed by atoms with Crippen LogP contribution in [0.2, 0.25) is 0 Å². The van der Waals surface area contributed by atoms with Crippen molar-refractivity contribution in [2.75, 3.05) is 10.5 Å². The molecule has 20 heavy (non-hydrogen) atoms. The lowest BCUT2D eigenvalue weighted by molar-refractivity contribution is 0.609. The van der Waals surface area contributed by atoms with E-state index in [0.29, 0.717) is 0 Å². The van der Waals surface area contributed by atoms with E-state index in [9.17, 15) is 12.8 Å². The summed E-state index contributed by atoms with van der Waals surface area (Å²) in [5, 5.41) is 1.04. The van der Waals surface area contributed by atoms with Crippen LogP contribution in [0.1, 0.15) is 5.56 Å². The lowest BCUT2D eigenvalue weighted by atomic mass is 10.2. The monoisotopic (exact) mass is 292 g/mol. The second-order valence-corrected chi connectivity index (χ2v) is 5.66. The van der Waals surface area contributed by atoms with Crippen LogP contribution in [0, 0.1) is 5.82 Å². The number of benzene rings is 2. The van der Waals surface area contributed by atoms with Crippen molar-refractivity contribution in [3.63, 3.8) is 0 Å². The predicted molar refractivity (Wildman–Crippen MR) is 78.8 cm³/mol. The highest BCUT2D eigenvalue weighted by Gasteiger charge is 2.07. The van der Waals surface area contributed by atoms with E-state index in [1.807, 2.05) is 6.07 Å². The molecule has 0 bridgehead atoms. The minimum absolute atomic E-state index is 0.114. The Morgan fingerprint density at radius 1 is 1.10 bits per heavy atom. The topological polar surface area (TPSA) is 72.2 Å². The molecule has 2 aromatic rings. The van der Waals surface area contributed by atoms with Crippen molar-refractivity contribution in [3.05, 3.63) is 65.3 Å². The molecular formula is C14H13FN2O2S. The van der Waals surface area contributed by atoms with Gasteiger partial charge in [-0.05, 0) is 29.8 Å². The maximum absolute atomic E-state index is 13.0. The molecule has 0 fully saturated rings. The molecule has 0 heterocycles. The Kier molecular flexibility index (Phi) is 4.05. The molecule has 6 heteroatoms. The molecule has 0 unspecified atom stereocenters. The fourth-order valence-electron chi connectivity index (χ4n) is 1.54. The summed E-state index contributed by atoms with van der Waals surface area (Å²) in [6, 6.07) is 12.6. The van der Waals surface area contributed by atoms with Gasteiger partial charge >= 0.3 is 0 Å². The molecule has 0 saturated heterocycles. The second kappa shape index (κ2) is 5.75. The molecule has 0 aliphatic rings. The number of halogens is 1. The smallest absolute Gasteiger partial charge is 0.255 e. The molecule has 0 aliphatic heterocycles. The second-order valence-electron chi connectivity index (χ2n) is 4.10. The predicted octanol–water partition coefficient (Wildman–Crippen LogP) is 2.82. The fraction of sp³-hybridized carbons (Fsp3) is 0. The quantitative estimate of drug-likeness (QED) is 0.851. The molecular weight excluding hydrogens is 279 g/mol. The zero-order valence-electron chi connectivity index (χ0n) is 10.5. The van der Waals surface area contributed by atoms with Crippen molar-refractivity contribution in [3.8, 4) is 0 Å². The Bertz CT molecular complexity index is 728. The molecule has 0 spiro atoms. The van der Waals surface area contributed by atoms with Crippen LogP contribution in [-0.4, -0.2) is 8.42 Å². The summed E-state index contributed by atoms with van der Waals surface area (Å²) in [4.78, 5) is 0. The molecule has 2 aromatic carbocycles. The van der Waals surface area contributed by atoms with E-state index in [1.54, 1.807) is 24.3 Å². The highest BCUT2D eigenvalue weighted by molar-refractivity contribution is 7.95. The van der Waals surface area contributed by atoms with Gasteiger partial charge in [0.25, 0.3) is 10.0 Å². The van der Waals surface area contributed by atoms with Crippen LogP contribution in [0.4, 0.5) is 15.8 Å². The highest BCUT2D eigenvalue weighted by atomic mass is 32.2.